The number of fused-ring (bicyclic) bond motifs is 2. The maximum atomic E-state index is 10.7. The van der Waals surface area contributed by atoms with Crippen LogP contribution in [0.2, 0.25) is 0 Å². The van der Waals surface area contributed by atoms with Crippen LogP contribution in [-0.4, -0.2) is 59.6 Å². The van der Waals surface area contributed by atoms with Gasteiger partial charge in [0.15, 0.2) is 0 Å². The standard InChI is InChI=1S/2C11H12N2O2.H2O4S/c2*1-2-3-10-12-8-5-4-7(11(14)15)6-9(8)13-10;1-5(2,3)4/h2*4-6H,2-3H2,1H3,(H,12,13)(H,14,15);(H2,1,2,3,4). The van der Waals surface area contributed by atoms with Gasteiger partial charge in [0.25, 0.3) is 0 Å². The molecular formula is C22H26N4O8S. The molecule has 0 radical (unpaired) electrons. The number of imidazole rings is 2. The zero-order valence-corrected chi connectivity index (χ0v) is 19.8. The molecule has 2 aromatic carbocycles. The number of hydrogen-bond acceptors (Lipinski definition) is 6. The Balaban J connectivity index is 0.000000208. The van der Waals surface area contributed by atoms with E-state index in [1.807, 2.05) is 0 Å². The minimum Gasteiger partial charge on any atom is -0.478 e. The second kappa shape index (κ2) is 12.1. The van der Waals surface area contributed by atoms with Crippen LogP contribution in [0.3, 0.4) is 0 Å². The molecule has 2 aromatic heterocycles. The predicted molar refractivity (Wildman–Crippen MR) is 128 cm³/mol. The van der Waals surface area contributed by atoms with Gasteiger partial charge in [-0.3, -0.25) is 9.11 Å². The number of aromatic nitrogens is 4. The summed E-state index contributed by atoms with van der Waals surface area (Å²) < 4.78 is 31.6. The van der Waals surface area contributed by atoms with E-state index in [-0.39, 0.29) is 11.1 Å². The minimum atomic E-state index is -4.67. The molecule has 0 aliphatic heterocycles. The van der Waals surface area contributed by atoms with Gasteiger partial charge in [0.1, 0.15) is 11.6 Å². The van der Waals surface area contributed by atoms with Crippen LogP contribution in [0.25, 0.3) is 22.1 Å². The maximum Gasteiger partial charge on any atom is 0.394 e. The number of rotatable bonds is 6. The largest absolute Gasteiger partial charge is 0.478 e. The summed E-state index contributed by atoms with van der Waals surface area (Å²) in [4.78, 5) is 36.4. The van der Waals surface area contributed by atoms with Crippen LogP contribution in [0.5, 0.6) is 0 Å². The number of benzene rings is 2. The quantitative estimate of drug-likeness (QED) is 0.209. The monoisotopic (exact) mass is 506 g/mol. The fraction of sp³-hybridized carbons (Fsp3) is 0.273. The lowest BCUT2D eigenvalue weighted by Gasteiger charge is -1.92. The fourth-order valence-corrected chi connectivity index (χ4v) is 3.10. The Morgan fingerprint density at radius 2 is 1.11 bits per heavy atom. The van der Waals surface area contributed by atoms with Crippen molar-refractivity contribution in [1.82, 2.24) is 19.9 Å². The second-order valence-electron chi connectivity index (χ2n) is 7.39. The summed E-state index contributed by atoms with van der Waals surface area (Å²) in [5.74, 6) is -0.00263. The lowest BCUT2D eigenvalue weighted by molar-refractivity contribution is 0.0686. The number of carboxylic acid groups (broad SMARTS) is 2. The molecule has 0 saturated heterocycles. The molecular weight excluding hydrogens is 480 g/mol. The number of nitrogens with zero attached hydrogens (tertiary/aromatic N) is 2. The molecule has 0 unspecified atom stereocenters. The summed E-state index contributed by atoms with van der Waals surface area (Å²) >= 11 is 0. The predicted octanol–water partition coefficient (Wildman–Crippen LogP) is 3.77. The van der Waals surface area contributed by atoms with Crippen molar-refractivity contribution in [3.63, 3.8) is 0 Å². The summed E-state index contributed by atoms with van der Waals surface area (Å²) in [7, 11) is -4.67. The van der Waals surface area contributed by atoms with Crippen LogP contribution >= 0.6 is 0 Å². The highest BCUT2D eigenvalue weighted by Crippen LogP contribution is 2.15. The van der Waals surface area contributed by atoms with Crippen molar-refractivity contribution in [2.75, 3.05) is 0 Å². The van der Waals surface area contributed by atoms with Crippen LogP contribution in [0, 0.1) is 0 Å². The molecule has 0 aliphatic carbocycles. The maximum absolute atomic E-state index is 10.7. The average molecular weight is 507 g/mol. The fourth-order valence-electron chi connectivity index (χ4n) is 3.10. The van der Waals surface area contributed by atoms with Crippen molar-refractivity contribution >= 4 is 44.4 Å². The van der Waals surface area contributed by atoms with Gasteiger partial charge < -0.3 is 20.2 Å². The number of carbonyl (C=O) groups is 2. The van der Waals surface area contributed by atoms with E-state index in [0.29, 0.717) is 0 Å². The van der Waals surface area contributed by atoms with Gasteiger partial charge in [-0.05, 0) is 49.2 Å². The Morgan fingerprint density at radius 1 is 0.771 bits per heavy atom. The molecule has 0 spiro atoms. The third-order valence-corrected chi connectivity index (χ3v) is 4.53. The van der Waals surface area contributed by atoms with E-state index in [4.69, 9.17) is 27.7 Å². The minimum absolute atomic E-state index is 0.286. The molecule has 0 amide bonds. The second-order valence-corrected chi connectivity index (χ2v) is 8.28. The molecule has 2 heterocycles. The molecule has 4 aromatic rings. The van der Waals surface area contributed by atoms with Crippen LogP contribution in [0.15, 0.2) is 36.4 Å². The molecule has 4 rings (SSSR count). The molecule has 0 atom stereocenters. The number of nitrogens with one attached hydrogen (secondary N) is 2. The van der Waals surface area contributed by atoms with Crippen LogP contribution in [0.4, 0.5) is 0 Å². The third kappa shape index (κ3) is 8.81. The zero-order valence-electron chi connectivity index (χ0n) is 19.0. The van der Waals surface area contributed by atoms with Crippen molar-refractivity contribution in [1.29, 1.82) is 0 Å². The summed E-state index contributed by atoms with van der Waals surface area (Å²) in [6, 6.07) is 9.83. The lowest BCUT2D eigenvalue weighted by atomic mass is 10.2. The Bertz CT molecular complexity index is 1320. The topological polar surface area (TPSA) is 207 Å². The van der Waals surface area contributed by atoms with Crippen molar-refractivity contribution in [2.24, 2.45) is 0 Å². The number of hydrogen-bond donors (Lipinski definition) is 6. The van der Waals surface area contributed by atoms with E-state index in [2.05, 4.69) is 33.8 Å². The molecule has 0 aliphatic rings. The summed E-state index contributed by atoms with van der Waals surface area (Å²) in [5, 5.41) is 17.6. The van der Waals surface area contributed by atoms with Gasteiger partial charge in [0, 0.05) is 12.8 Å². The molecule has 12 nitrogen and oxygen atoms in total. The first-order valence-electron chi connectivity index (χ1n) is 10.5. The highest BCUT2D eigenvalue weighted by molar-refractivity contribution is 7.79. The van der Waals surface area contributed by atoms with Crippen molar-refractivity contribution in [2.45, 2.75) is 39.5 Å². The molecule has 0 fully saturated rings. The molecule has 35 heavy (non-hydrogen) atoms. The Hall–Kier alpha value is -3.81. The van der Waals surface area contributed by atoms with Crippen molar-refractivity contribution in [3.05, 3.63) is 59.2 Å². The molecule has 13 heteroatoms. The van der Waals surface area contributed by atoms with Crippen molar-refractivity contribution < 1.29 is 37.3 Å². The number of H-pyrrole nitrogens is 2. The van der Waals surface area contributed by atoms with Gasteiger partial charge in [-0.15, -0.1) is 0 Å². The first kappa shape index (κ1) is 27.4. The van der Waals surface area contributed by atoms with E-state index in [1.165, 1.54) is 0 Å². The van der Waals surface area contributed by atoms with E-state index >= 15 is 0 Å². The molecule has 0 bridgehead atoms. The highest BCUT2D eigenvalue weighted by atomic mass is 32.3. The van der Waals surface area contributed by atoms with Gasteiger partial charge in [-0.1, -0.05) is 13.8 Å². The van der Waals surface area contributed by atoms with Gasteiger partial charge in [-0.25, -0.2) is 19.6 Å². The Labute approximate surface area is 200 Å². The van der Waals surface area contributed by atoms with Crippen molar-refractivity contribution in [3.8, 4) is 0 Å². The molecule has 6 N–H and O–H groups in total. The van der Waals surface area contributed by atoms with Gasteiger partial charge in [-0.2, -0.15) is 8.42 Å². The normalized spacial score (nSPS) is 10.9. The smallest absolute Gasteiger partial charge is 0.394 e. The van der Waals surface area contributed by atoms with E-state index in [9.17, 15) is 9.59 Å². The molecule has 188 valence electrons. The number of aromatic amines is 2. The average Bonchev–Trinajstić information content (AvgIpc) is 3.35. The van der Waals surface area contributed by atoms with E-state index in [0.717, 1.165) is 59.4 Å². The molecule has 0 saturated carbocycles. The van der Waals surface area contributed by atoms with Gasteiger partial charge >= 0.3 is 22.3 Å². The Kier molecular flexibility index (Phi) is 9.45. The lowest BCUT2D eigenvalue weighted by Crippen LogP contribution is -1.94. The number of carboxylic acids is 2. The summed E-state index contributed by atoms with van der Waals surface area (Å²) in [5.41, 5.74) is 3.80. The number of aromatic carboxylic acids is 2. The first-order chi connectivity index (χ1) is 16.4. The van der Waals surface area contributed by atoms with Gasteiger partial charge in [0.05, 0.1) is 33.2 Å². The summed E-state index contributed by atoms with van der Waals surface area (Å²) in [6.07, 6.45) is 3.81. The SMILES string of the molecule is CCCc1nc2ccc(C(=O)O)cc2[nH]1.CCCc1nc2ccc(C(=O)O)cc2[nH]1.O=S(=O)(O)O. The highest BCUT2D eigenvalue weighted by Gasteiger charge is 2.08. The third-order valence-electron chi connectivity index (χ3n) is 4.53. The van der Waals surface area contributed by atoms with E-state index < -0.39 is 22.3 Å². The van der Waals surface area contributed by atoms with Crippen LogP contribution in [-0.2, 0) is 23.2 Å². The number of aryl methyl sites for hydroxylation is 2. The zero-order chi connectivity index (χ0) is 26.2. The Morgan fingerprint density at radius 3 is 1.40 bits per heavy atom. The first-order valence-corrected chi connectivity index (χ1v) is 11.9. The van der Waals surface area contributed by atoms with Crippen LogP contribution in [0.1, 0.15) is 59.1 Å². The van der Waals surface area contributed by atoms with Crippen LogP contribution < -0.4 is 0 Å². The van der Waals surface area contributed by atoms with Gasteiger partial charge in [0.2, 0.25) is 0 Å². The van der Waals surface area contributed by atoms with E-state index in [1.54, 1.807) is 36.4 Å². The summed E-state index contributed by atoms with van der Waals surface area (Å²) in [6.45, 7) is 4.16.